The molecular weight excluding hydrogens is 255 g/mol. The van der Waals surface area contributed by atoms with Crippen molar-refractivity contribution in [2.24, 2.45) is 5.92 Å². The van der Waals surface area contributed by atoms with Crippen LogP contribution in [-0.4, -0.2) is 32.8 Å². The molecule has 1 aromatic rings. The quantitative estimate of drug-likeness (QED) is 0.865. The van der Waals surface area contributed by atoms with E-state index in [1.165, 1.54) is 18.5 Å². The molecule has 0 bridgehead atoms. The maximum Gasteiger partial charge on any atom is 0.123 e. The van der Waals surface area contributed by atoms with Crippen molar-refractivity contribution in [2.45, 2.75) is 31.8 Å². The van der Waals surface area contributed by atoms with Crippen LogP contribution in [0.25, 0.3) is 0 Å². The molecule has 3 rings (SSSR count). The van der Waals surface area contributed by atoms with Gasteiger partial charge >= 0.3 is 0 Å². The molecule has 1 heterocycles. The summed E-state index contributed by atoms with van der Waals surface area (Å²) in [5.74, 6) is 0.447. The minimum Gasteiger partial charge on any atom is -0.384 e. The Labute approximate surface area is 120 Å². The molecule has 1 atom stereocenters. The van der Waals surface area contributed by atoms with Gasteiger partial charge in [0.05, 0.1) is 6.61 Å². The first kappa shape index (κ1) is 13.8. The van der Waals surface area contributed by atoms with Gasteiger partial charge in [-0.3, -0.25) is 0 Å². The smallest absolute Gasteiger partial charge is 0.123 e. The van der Waals surface area contributed by atoms with Gasteiger partial charge in [-0.05, 0) is 43.0 Å². The summed E-state index contributed by atoms with van der Waals surface area (Å²) in [7, 11) is 1.76. The molecule has 110 valence electrons. The van der Waals surface area contributed by atoms with Crippen LogP contribution in [0.5, 0.6) is 0 Å². The van der Waals surface area contributed by atoms with E-state index in [1.807, 2.05) is 6.07 Å². The zero-order chi connectivity index (χ0) is 13.9. The first-order valence-electron chi connectivity index (χ1n) is 7.52. The number of hydrogen-bond donors (Lipinski definition) is 1. The predicted octanol–water partition coefficient (Wildman–Crippen LogP) is 2.55. The Kier molecular flexibility index (Phi) is 4.22. The van der Waals surface area contributed by atoms with Crippen molar-refractivity contribution < 1.29 is 9.13 Å². The number of rotatable bonds is 6. The number of ether oxygens (including phenoxy) is 1. The third kappa shape index (κ3) is 3.30. The molecule has 2 fully saturated rings. The van der Waals surface area contributed by atoms with E-state index in [1.54, 1.807) is 19.2 Å². The summed E-state index contributed by atoms with van der Waals surface area (Å²) in [4.78, 5) is 2.37. The minimum atomic E-state index is -0.144. The first-order chi connectivity index (χ1) is 9.76. The van der Waals surface area contributed by atoms with Crippen LogP contribution in [0.4, 0.5) is 10.1 Å². The highest BCUT2D eigenvalue weighted by molar-refractivity contribution is 5.54. The van der Waals surface area contributed by atoms with Gasteiger partial charge in [-0.2, -0.15) is 0 Å². The van der Waals surface area contributed by atoms with Crippen molar-refractivity contribution in [3.05, 3.63) is 29.6 Å². The molecule has 3 nitrogen and oxygen atoms in total. The van der Waals surface area contributed by atoms with Gasteiger partial charge in [0, 0.05) is 44.4 Å². The maximum atomic E-state index is 13.5. The second kappa shape index (κ2) is 6.10. The lowest BCUT2D eigenvalue weighted by atomic mass is 10.1. The van der Waals surface area contributed by atoms with Gasteiger partial charge in [-0.15, -0.1) is 0 Å². The molecule has 1 aliphatic heterocycles. The Hall–Kier alpha value is -1.13. The molecule has 0 amide bonds. The van der Waals surface area contributed by atoms with Crippen LogP contribution in [0.1, 0.15) is 24.8 Å². The lowest BCUT2D eigenvalue weighted by molar-refractivity contribution is 0.161. The van der Waals surface area contributed by atoms with Gasteiger partial charge in [0.2, 0.25) is 0 Å². The van der Waals surface area contributed by atoms with Crippen molar-refractivity contribution in [1.82, 2.24) is 5.32 Å². The van der Waals surface area contributed by atoms with E-state index in [0.717, 1.165) is 38.2 Å². The first-order valence-corrected chi connectivity index (χ1v) is 7.52. The van der Waals surface area contributed by atoms with E-state index in [-0.39, 0.29) is 5.82 Å². The van der Waals surface area contributed by atoms with Crippen LogP contribution in [0.3, 0.4) is 0 Å². The fourth-order valence-electron chi connectivity index (χ4n) is 2.97. The summed E-state index contributed by atoms with van der Waals surface area (Å²) >= 11 is 0. The number of nitrogens with one attached hydrogen (secondary N) is 1. The van der Waals surface area contributed by atoms with E-state index < -0.39 is 0 Å². The Morgan fingerprint density at radius 3 is 2.95 bits per heavy atom. The van der Waals surface area contributed by atoms with Crippen LogP contribution >= 0.6 is 0 Å². The highest BCUT2D eigenvalue weighted by Crippen LogP contribution is 2.29. The molecule has 1 unspecified atom stereocenters. The monoisotopic (exact) mass is 278 g/mol. The second-order valence-corrected chi connectivity index (χ2v) is 5.98. The number of benzene rings is 1. The van der Waals surface area contributed by atoms with Crippen molar-refractivity contribution >= 4 is 5.69 Å². The molecule has 1 saturated carbocycles. The molecule has 0 aromatic heterocycles. The maximum absolute atomic E-state index is 13.5. The molecule has 0 radical (unpaired) electrons. The highest BCUT2D eigenvalue weighted by atomic mass is 19.1. The number of anilines is 1. The molecule has 1 aliphatic carbocycles. The van der Waals surface area contributed by atoms with Crippen LogP contribution in [0, 0.1) is 11.7 Å². The standard InChI is InChI=1S/C16H23FN2O/c1-20-11-12-6-7-19(10-12)16-5-2-14(17)8-13(16)9-18-15-3-4-15/h2,5,8,12,15,18H,3-4,6-7,9-11H2,1H3. The second-order valence-electron chi connectivity index (χ2n) is 5.98. The number of halogens is 1. The third-order valence-electron chi connectivity index (χ3n) is 4.23. The van der Waals surface area contributed by atoms with Gasteiger partial charge in [-0.25, -0.2) is 4.39 Å². The van der Waals surface area contributed by atoms with Crippen LogP contribution in [0.15, 0.2) is 18.2 Å². The van der Waals surface area contributed by atoms with E-state index in [0.29, 0.717) is 12.0 Å². The molecule has 0 spiro atoms. The Balaban J connectivity index is 1.70. The largest absolute Gasteiger partial charge is 0.384 e. The minimum absolute atomic E-state index is 0.144. The van der Waals surface area contributed by atoms with Gasteiger partial charge in [-0.1, -0.05) is 0 Å². The predicted molar refractivity (Wildman–Crippen MR) is 78.5 cm³/mol. The van der Waals surface area contributed by atoms with Crippen molar-refractivity contribution in [2.75, 3.05) is 31.7 Å². The average molecular weight is 278 g/mol. The van der Waals surface area contributed by atoms with Crippen LogP contribution in [-0.2, 0) is 11.3 Å². The van der Waals surface area contributed by atoms with Crippen LogP contribution < -0.4 is 10.2 Å². The van der Waals surface area contributed by atoms with Crippen molar-refractivity contribution in [3.8, 4) is 0 Å². The van der Waals surface area contributed by atoms with E-state index in [2.05, 4.69) is 10.2 Å². The summed E-state index contributed by atoms with van der Waals surface area (Å²) in [6.45, 7) is 3.63. The SMILES string of the molecule is COCC1CCN(c2ccc(F)cc2CNC2CC2)C1. The van der Waals surface area contributed by atoms with Gasteiger partial charge < -0.3 is 15.0 Å². The number of nitrogens with zero attached hydrogens (tertiary/aromatic N) is 1. The zero-order valence-corrected chi connectivity index (χ0v) is 12.1. The lowest BCUT2D eigenvalue weighted by Crippen LogP contribution is -2.24. The molecule has 1 saturated heterocycles. The van der Waals surface area contributed by atoms with Gasteiger partial charge in [0.25, 0.3) is 0 Å². The number of hydrogen-bond acceptors (Lipinski definition) is 3. The summed E-state index contributed by atoms with van der Waals surface area (Å²) in [6, 6.07) is 5.81. The van der Waals surface area contributed by atoms with Crippen molar-refractivity contribution in [1.29, 1.82) is 0 Å². The zero-order valence-electron chi connectivity index (χ0n) is 12.1. The molecular formula is C16H23FN2O. The van der Waals surface area contributed by atoms with E-state index in [4.69, 9.17) is 4.74 Å². The summed E-state index contributed by atoms with van der Waals surface area (Å²) < 4.78 is 18.8. The summed E-state index contributed by atoms with van der Waals surface area (Å²) in [6.07, 6.45) is 3.66. The Morgan fingerprint density at radius 2 is 2.20 bits per heavy atom. The lowest BCUT2D eigenvalue weighted by Gasteiger charge is -2.22. The number of methoxy groups -OCH3 is 1. The fourth-order valence-corrected chi connectivity index (χ4v) is 2.97. The topological polar surface area (TPSA) is 24.5 Å². The van der Waals surface area contributed by atoms with Gasteiger partial charge in [0.15, 0.2) is 0 Å². The fraction of sp³-hybridized carbons (Fsp3) is 0.625. The molecule has 2 aliphatic rings. The summed E-state index contributed by atoms with van der Waals surface area (Å²) in [5.41, 5.74) is 2.26. The van der Waals surface area contributed by atoms with E-state index >= 15 is 0 Å². The Morgan fingerprint density at radius 1 is 1.35 bits per heavy atom. The molecule has 20 heavy (non-hydrogen) atoms. The average Bonchev–Trinajstić information content (AvgIpc) is 3.16. The van der Waals surface area contributed by atoms with Gasteiger partial charge in [0.1, 0.15) is 5.82 Å². The highest BCUT2D eigenvalue weighted by Gasteiger charge is 2.25. The van der Waals surface area contributed by atoms with E-state index in [9.17, 15) is 4.39 Å². The third-order valence-corrected chi connectivity index (χ3v) is 4.23. The van der Waals surface area contributed by atoms with Crippen molar-refractivity contribution in [3.63, 3.8) is 0 Å². The normalized spacial score (nSPS) is 22.5. The molecule has 1 aromatic carbocycles. The molecule has 1 N–H and O–H groups in total. The summed E-state index contributed by atoms with van der Waals surface area (Å²) in [5, 5.41) is 3.48. The van der Waals surface area contributed by atoms with Crippen LogP contribution in [0.2, 0.25) is 0 Å². The Bertz CT molecular complexity index is 462. The molecule has 4 heteroatoms.